The van der Waals surface area contributed by atoms with Gasteiger partial charge in [0, 0.05) is 30.7 Å². The summed E-state index contributed by atoms with van der Waals surface area (Å²) in [4.78, 5) is 36.9. The van der Waals surface area contributed by atoms with Crippen LogP contribution in [0, 0.1) is 18.8 Å². The Hall–Kier alpha value is -5.76. The maximum atomic E-state index is 14.2. The van der Waals surface area contributed by atoms with Gasteiger partial charge in [0.2, 0.25) is 0 Å². The normalized spacial score (nSPS) is 11.8. The Kier molecular flexibility index (Phi) is 6.28. The minimum absolute atomic E-state index is 0.0524. The third-order valence-electron chi connectivity index (χ3n) is 6.60. The van der Waals surface area contributed by atoms with Gasteiger partial charge in [-0.05, 0) is 44.2 Å². The lowest BCUT2D eigenvalue weighted by Gasteiger charge is -2.20. The van der Waals surface area contributed by atoms with E-state index in [0.717, 1.165) is 11.3 Å². The van der Waals surface area contributed by atoms with E-state index in [1.165, 1.54) is 9.08 Å². The Bertz CT molecular complexity index is 2080. The van der Waals surface area contributed by atoms with Gasteiger partial charge in [0.25, 0.3) is 11.5 Å². The molecule has 6 rings (SSSR count). The number of aryl methyl sites for hydroxylation is 2. The molecule has 202 valence electrons. The molecule has 41 heavy (non-hydrogen) atoms. The Morgan fingerprint density at radius 3 is 2.61 bits per heavy atom. The summed E-state index contributed by atoms with van der Waals surface area (Å²) in [6.45, 7) is 3.58. The molecule has 6 aromatic rings. The lowest BCUT2D eigenvalue weighted by molar-refractivity contribution is 0.0940. The molecule has 1 atom stereocenters. The number of amides is 1. The highest BCUT2D eigenvalue weighted by atomic mass is 16.2. The standard InChI is InChI=1S/C30H25N9O2/c1-18-14-15-38-28(33-18)25(26(31)36-38)29(40)34-19(2)27-35-23-11-7-8-21(13-12-20-16-32-37(3)17-20)24(23)30(41)39(27)22-9-5-4-6-10-22/h4-11,14-17,19H,1-3H3,(H2,31,36)(H,34,40)/t19-/m1/s1. The Labute approximate surface area is 234 Å². The number of carbonyl (C=O) groups excluding carboxylic acids is 1. The van der Waals surface area contributed by atoms with Crippen molar-refractivity contribution in [1.82, 2.24) is 39.2 Å². The lowest BCUT2D eigenvalue weighted by Crippen LogP contribution is -2.33. The summed E-state index contributed by atoms with van der Waals surface area (Å²) in [6, 6.07) is 15.6. The number of fused-ring (bicyclic) bond motifs is 2. The van der Waals surface area contributed by atoms with Crippen LogP contribution in [-0.2, 0) is 7.05 Å². The average Bonchev–Trinajstić information content (AvgIpc) is 3.53. The maximum absolute atomic E-state index is 14.2. The minimum atomic E-state index is -0.691. The first-order valence-electron chi connectivity index (χ1n) is 12.8. The zero-order valence-electron chi connectivity index (χ0n) is 22.5. The highest BCUT2D eigenvalue weighted by Gasteiger charge is 2.25. The van der Waals surface area contributed by atoms with E-state index >= 15 is 0 Å². The molecule has 11 heteroatoms. The molecular weight excluding hydrogens is 518 g/mol. The first-order valence-corrected chi connectivity index (χ1v) is 12.8. The Morgan fingerprint density at radius 1 is 1.05 bits per heavy atom. The number of para-hydroxylation sites is 1. The molecule has 0 unspecified atom stereocenters. The number of nitrogens with zero attached hydrogens (tertiary/aromatic N) is 7. The van der Waals surface area contributed by atoms with Crippen molar-refractivity contribution in [2.75, 3.05) is 5.73 Å². The van der Waals surface area contributed by atoms with Crippen molar-refractivity contribution >= 4 is 28.3 Å². The van der Waals surface area contributed by atoms with Gasteiger partial charge in [0.05, 0.1) is 34.4 Å². The van der Waals surface area contributed by atoms with Crippen LogP contribution in [0.4, 0.5) is 5.82 Å². The van der Waals surface area contributed by atoms with Crippen LogP contribution in [0.3, 0.4) is 0 Å². The molecule has 3 N–H and O–H groups in total. The molecule has 0 aliphatic carbocycles. The Balaban J connectivity index is 1.47. The van der Waals surface area contributed by atoms with Crippen molar-refractivity contribution in [1.29, 1.82) is 0 Å². The molecule has 0 fully saturated rings. The van der Waals surface area contributed by atoms with Crippen LogP contribution in [0.15, 0.2) is 78.0 Å². The van der Waals surface area contributed by atoms with Gasteiger partial charge in [-0.2, -0.15) is 5.10 Å². The van der Waals surface area contributed by atoms with Gasteiger partial charge in [-0.15, -0.1) is 5.10 Å². The van der Waals surface area contributed by atoms with Gasteiger partial charge in [0.15, 0.2) is 11.5 Å². The molecule has 0 aliphatic heterocycles. The van der Waals surface area contributed by atoms with E-state index in [0.29, 0.717) is 33.6 Å². The first kappa shape index (κ1) is 25.5. The molecule has 0 radical (unpaired) electrons. The highest BCUT2D eigenvalue weighted by Crippen LogP contribution is 2.22. The topological polar surface area (TPSA) is 138 Å². The number of hydrogen-bond acceptors (Lipinski definition) is 7. The third-order valence-corrected chi connectivity index (χ3v) is 6.60. The fraction of sp³-hybridized carbons (Fsp3) is 0.133. The fourth-order valence-electron chi connectivity index (χ4n) is 4.68. The number of nitrogen functional groups attached to an aromatic ring is 1. The Morgan fingerprint density at radius 2 is 1.85 bits per heavy atom. The molecule has 0 spiro atoms. The predicted molar refractivity (Wildman–Crippen MR) is 155 cm³/mol. The lowest BCUT2D eigenvalue weighted by atomic mass is 10.1. The number of carbonyl (C=O) groups is 1. The monoisotopic (exact) mass is 543 g/mol. The van der Waals surface area contributed by atoms with E-state index < -0.39 is 11.9 Å². The molecule has 4 aromatic heterocycles. The summed E-state index contributed by atoms with van der Waals surface area (Å²) < 4.78 is 4.63. The SMILES string of the molecule is Cc1ccn2nc(N)c(C(=O)N[C@H](C)c3nc4cccc(C#Cc5cnn(C)c5)c4c(=O)n3-c3ccccc3)c2n1. The molecule has 2 aromatic carbocycles. The van der Waals surface area contributed by atoms with Gasteiger partial charge < -0.3 is 11.1 Å². The van der Waals surface area contributed by atoms with Crippen molar-refractivity contribution < 1.29 is 4.79 Å². The van der Waals surface area contributed by atoms with Gasteiger partial charge in [-0.25, -0.2) is 14.5 Å². The molecule has 1 amide bonds. The van der Waals surface area contributed by atoms with Crippen molar-refractivity contribution in [3.63, 3.8) is 0 Å². The van der Waals surface area contributed by atoms with Crippen molar-refractivity contribution in [3.05, 3.63) is 112 Å². The van der Waals surface area contributed by atoms with Crippen molar-refractivity contribution in [2.45, 2.75) is 19.9 Å². The summed E-state index contributed by atoms with van der Waals surface area (Å²) >= 11 is 0. The van der Waals surface area contributed by atoms with Crippen LogP contribution in [0.25, 0.3) is 22.2 Å². The smallest absolute Gasteiger partial charge is 0.267 e. The van der Waals surface area contributed by atoms with E-state index in [1.807, 2.05) is 44.3 Å². The highest BCUT2D eigenvalue weighted by molar-refractivity contribution is 6.04. The number of rotatable bonds is 4. The summed E-state index contributed by atoms with van der Waals surface area (Å²) in [7, 11) is 1.81. The number of nitrogens with two attached hydrogens (primary N) is 1. The van der Waals surface area contributed by atoms with Crippen LogP contribution >= 0.6 is 0 Å². The molecule has 0 saturated heterocycles. The van der Waals surface area contributed by atoms with E-state index in [-0.39, 0.29) is 16.9 Å². The molecule has 0 aliphatic rings. The zero-order valence-corrected chi connectivity index (χ0v) is 22.5. The largest absolute Gasteiger partial charge is 0.381 e. The van der Waals surface area contributed by atoms with Crippen LogP contribution in [0.5, 0.6) is 0 Å². The number of benzene rings is 2. The first-order chi connectivity index (χ1) is 19.8. The molecule has 11 nitrogen and oxygen atoms in total. The molecule has 0 saturated carbocycles. The minimum Gasteiger partial charge on any atom is -0.381 e. The third kappa shape index (κ3) is 4.68. The van der Waals surface area contributed by atoms with Crippen molar-refractivity contribution in [3.8, 4) is 17.5 Å². The molecule has 4 heterocycles. The zero-order chi connectivity index (χ0) is 28.7. The van der Waals surface area contributed by atoms with Gasteiger partial charge >= 0.3 is 0 Å². The number of anilines is 1. The second-order valence-electron chi connectivity index (χ2n) is 9.59. The van der Waals surface area contributed by atoms with Crippen LogP contribution in [0.1, 0.15) is 46.0 Å². The van der Waals surface area contributed by atoms with Crippen molar-refractivity contribution in [2.24, 2.45) is 7.05 Å². The summed E-state index contributed by atoms with van der Waals surface area (Å²) in [5.74, 6) is 6.10. The van der Waals surface area contributed by atoms with Crippen LogP contribution in [-0.4, -0.2) is 39.8 Å². The van der Waals surface area contributed by atoms with Gasteiger partial charge in [-0.3, -0.25) is 18.8 Å². The number of nitrogens with one attached hydrogen (secondary N) is 1. The summed E-state index contributed by atoms with van der Waals surface area (Å²) in [6.07, 6.45) is 5.16. The second-order valence-corrected chi connectivity index (χ2v) is 9.59. The quantitative estimate of drug-likeness (QED) is 0.326. The van der Waals surface area contributed by atoms with Crippen LogP contribution in [0.2, 0.25) is 0 Å². The second kappa shape index (κ2) is 10.1. The number of hydrogen-bond donors (Lipinski definition) is 2. The maximum Gasteiger partial charge on any atom is 0.267 e. The van der Waals surface area contributed by atoms with E-state index in [4.69, 9.17) is 10.7 Å². The molecular formula is C30H25N9O2. The van der Waals surface area contributed by atoms with Gasteiger partial charge in [-0.1, -0.05) is 36.1 Å². The molecule has 0 bridgehead atoms. The number of aromatic nitrogens is 7. The van der Waals surface area contributed by atoms with E-state index in [2.05, 4.69) is 32.3 Å². The predicted octanol–water partition coefficient (Wildman–Crippen LogP) is 2.94. The van der Waals surface area contributed by atoms with E-state index in [1.54, 1.807) is 54.5 Å². The average molecular weight is 544 g/mol. The fourth-order valence-corrected chi connectivity index (χ4v) is 4.68. The summed E-state index contributed by atoms with van der Waals surface area (Å²) in [5, 5.41) is 11.7. The van der Waals surface area contributed by atoms with Crippen LogP contribution < -0.4 is 16.6 Å². The van der Waals surface area contributed by atoms with Gasteiger partial charge in [0.1, 0.15) is 11.4 Å². The van der Waals surface area contributed by atoms with E-state index in [9.17, 15) is 9.59 Å². The summed E-state index contributed by atoms with van der Waals surface area (Å²) in [5.41, 5.74) is 9.35.